The topological polar surface area (TPSA) is 505 Å². The third kappa shape index (κ3) is 36.8. The van der Waals surface area contributed by atoms with Gasteiger partial charge in [-0.25, -0.2) is 28.8 Å². The molecule has 3 aromatic carbocycles. The van der Waals surface area contributed by atoms with E-state index < -0.39 is 174 Å². The molecule has 11 atom stereocenters. The van der Waals surface area contributed by atoms with Crippen LogP contribution >= 0.6 is 0 Å². The van der Waals surface area contributed by atoms with Crippen LogP contribution in [0.3, 0.4) is 0 Å². The van der Waals surface area contributed by atoms with Crippen molar-refractivity contribution in [2.45, 2.75) is 202 Å². The maximum atomic E-state index is 14.4. The lowest BCUT2D eigenvalue weighted by Crippen LogP contribution is -2.57. The number of rotatable bonds is 38. The van der Waals surface area contributed by atoms with Gasteiger partial charge in [0, 0.05) is 122 Å². The Kier molecular flexibility index (Phi) is 45.0. The van der Waals surface area contributed by atoms with Crippen LogP contribution < -0.4 is 53.6 Å². The molecule has 0 saturated heterocycles. The SMILES string of the molecule is C/C=C(\C)[C@H]1OC(=O)[C@@H](C)NC(=O)[C@H](C(C)CC)NC(=O)CN(C)C(=O)[C@@H](Cc2ccccc2)N(C)C(=O)[C@H](C)NC(=O)[C@@H](CC(C)C)OC(=O)/C(C)=C/C[C@H](OC(=O)N(C)CCN(C)C(=O)OCc2ccc(NC(=O)OCc3ccc(NC(=O)[C@H](CCCNC(N)=O)NC(=O)[C@@H](NC(=O)CCOCCOCCNC(=O)CCN4C(=O)C=CC4=O)C(C)C)cc3)cc2)[C@@H]1C. The Hall–Kier alpha value is -12.8. The lowest BCUT2D eigenvalue weighted by atomic mass is 9.90. The summed E-state index contributed by atoms with van der Waals surface area (Å²) in [6.07, 6.45) is -0.405. The number of hydrogen-bond acceptors (Lipinski definition) is 24. The largest absolute Gasteiger partial charge is 0.456 e. The summed E-state index contributed by atoms with van der Waals surface area (Å²) in [5.74, 6) is -10.4. The highest BCUT2D eigenvalue weighted by molar-refractivity contribution is 6.13. The van der Waals surface area contributed by atoms with Crippen LogP contribution in [-0.4, -0.2) is 274 Å². The van der Waals surface area contributed by atoms with Gasteiger partial charge in [0.05, 0.1) is 33.0 Å². The zero-order chi connectivity index (χ0) is 95.7. The lowest BCUT2D eigenvalue weighted by Gasteiger charge is -2.33. The van der Waals surface area contributed by atoms with Crippen LogP contribution in [0.15, 0.2) is 114 Å². The van der Waals surface area contributed by atoms with Crippen LogP contribution in [0, 0.1) is 23.7 Å². The van der Waals surface area contributed by atoms with Crippen molar-refractivity contribution in [1.29, 1.82) is 0 Å². The first-order valence-corrected chi connectivity index (χ1v) is 43.1. The van der Waals surface area contributed by atoms with Crippen LogP contribution in [0.2, 0.25) is 0 Å². The Balaban J connectivity index is 1.16. The van der Waals surface area contributed by atoms with Gasteiger partial charge in [0.1, 0.15) is 61.7 Å². The molecule has 129 heavy (non-hydrogen) atoms. The van der Waals surface area contributed by atoms with Crippen LogP contribution in [0.5, 0.6) is 0 Å². The number of anilines is 2. The number of cyclic esters (lactones) is 2. The van der Waals surface area contributed by atoms with E-state index in [-0.39, 0.29) is 135 Å². The Morgan fingerprint density at radius 1 is 0.659 bits per heavy atom. The summed E-state index contributed by atoms with van der Waals surface area (Å²) in [5.41, 5.74) is 8.16. The van der Waals surface area contributed by atoms with Gasteiger partial charge < -0.3 is 101 Å². The van der Waals surface area contributed by atoms with Crippen molar-refractivity contribution in [3.8, 4) is 0 Å². The Labute approximate surface area is 752 Å². The fourth-order valence-electron chi connectivity index (χ4n) is 13.1. The van der Waals surface area contributed by atoms with E-state index in [4.69, 9.17) is 38.9 Å². The highest BCUT2D eigenvalue weighted by Gasteiger charge is 2.39. The van der Waals surface area contributed by atoms with E-state index in [1.165, 1.54) is 69.7 Å². The molecule has 2 aliphatic rings. The van der Waals surface area contributed by atoms with Gasteiger partial charge in [-0.1, -0.05) is 122 Å². The molecule has 0 aromatic heterocycles. The molecule has 2 aliphatic heterocycles. The first-order valence-electron chi connectivity index (χ1n) is 43.1. The fourth-order valence-corrected chi connectivity index (χ4v) is 13.1. The second-order valence-electron chi connectivity index (χ2n) is 32.6. The van der Waals surface area contributed by atoms with E-state index in [2.05, 4.69) is 47.9 Å². The number of nitrogens with one attached hydrogen (secondary N) is 9. The van der Waals surface area contributed by atoms with E-state index in [0.717, 1.165) is 22.0 Å². The van der Waals surface area contributed by atoms with Crippen LogP contribution in [-0.2, 0) is 115 Å². The quantitative estimate of drug-likeness (QED) is 0.0116. The van der Waals surface area contributed by atoms with Crippen molar-refractivity contribution < 1.29 is 115 Å². The van der Waals surface area contributed by atoms with Crippen molar-refractivity contribution in [3.05, 3.63) is 131 Å². The first-order chi connectivity index (χ1) is 61.1. The summed E-state index contributed by atoms with van der Waals surface area (Å²) in [6, 6.07) is 13.6. The predicted molar refractivity (Wildman–Crippen MR) is 473 cm³/mol. The minimum absolute atomic E-state index is 0.00590. The molecule has 2 heterocycles. The van der Waals surface area contributed by atoms with Gasteiger partial charge in [0.15, 0.2) is 6.10 Å². The fraction of sp³-hybridized carbons (Fsp3) is 0.544. The highest BCUT2D eigenvalue weighted by Crippen LogP contribution is 2.28. The molecular formula is C90H129N15O24. The molecule has 708 valence electrons. The molecule has 39 nitrogen and oxygen atoms in total. The molecule has 0 aliphatic carbocycles. The van der Waals surface area contributed by atoms with E-state index in [0.29, 0.717) is 40.1 Å². The molecule has 0 bridgehead atoms. The average molecular weight is 1810 g/mol. The van der Waals surface area contributed by atoms with Crippen molar-refractivity contribution in [2.75, 3.05) is 105 Å². The molecule has 0 saturated carbocycles. The number of urea groups is 1. The number of carbonyl (C=O) groups excluding carboxylic acids is 17. The molecule has 11 N–H and O–H groups in total. The number of carbonyl (C=O) groups is 17. The van der Waals surface area contributed by atoms with Crippen molar-refractivity contribution in [1.82, 2.24) is 61.7 Å². The first kappa shape index (κ1) is 107. The number of imide groups is 1. The van der Waals surface area contributed by atoms with Gasteiger partial charge in [-0.05, 0) is 118 Å². The number of nitrogens with two attached hydrogens (primary N) is 1. The zero-order valence-electron chi connectivity index (χ0n) is 76.6. The number of nitrogens with zero attached hydrogens (tertiary/aromatic N) is 5. The van der Waals surface area contributed by atoms with Gasteiger partial charge in [-0.3, -0.25) is 63.0 Å². The maximum Gasteiger partial charge on any atom is 0.411 e. The van der Waals surface area contributed by atoms with Crippen LogP contribution in [0.4, 0.5) is 30.6 Å². The van der Waals surface area contributed by atoms with Crippen molar-refractivity contribution in [2.24, 2.45) is 29.4 Å². The summed E-state index contributed by atoms with van der Waals surface area (Å²) in [6.45, 7) is 19.4. The Bertz CT molecular complexity index is 4410. The molecular weight excluding hydrogens is 1680 g/mol. The molecule has 16 amide bonds. The van der Waals surface area contributed by atoms with E-state index in [1.807, 2.05) is 20.8 Å². The summed E-state index contributed by atoms with van der Waals surface area (Å²) < 4.78 is 40.2. The zero-order valence-corrected chi connectivity index (χ0v) is 76.6. The third-order valence-electron chi connectivity index (χ3n) is 21.3. The molecule has 0 fully saturated rings. The van der Waals surface area contributed by atoms with Crippen molar-refractivity contribution in [3.63, 3.8) is 0 Å². The smallest absolute Gasteiger partial charge is 0.411 e. The average Bonchev–Trinajstić information content (AvgIpc) is 1.28. The van der Waals surface area contributed by atoms with E-state index in [1.54, 1.807) is 126 Å². The van der Waals surface area contributed by atoms with Gasteiger partial charge in [0.25, 0.3) is 17.7 Å². The van der Waals surface area contributed by atoms with Gasteiger partial charge in [-0.2, -0.15) is 0 Å². The number of ether oxygens (including phenoxy) is 7. The molecule has 0 radical (unpaired) electrons. The monoisotopic (exact) mass is 1800 g/mol. The van der Waals surface area contributed by atoms with Gasteiger partial charge >= 0.3 is 36.2 Å². The molecule has 0 spiro atoms. The number of benzene rings is 3. The van der Waals surface area contributed by atoms with Crippen LogP contribution in [0.25, 0.3) is 0 Å². The second kappa shape index (κ2) is 54.4. The third-order valence-corrected chi connectivity index (χ3v) is 21.3. The normalized spacial score (nSPS) is 20.1. The summed E-state index contributed by atoms with van der Waals surface area (Å²) in [7, 11) is 5.66. The van der Waals surface area contributed by atoms with Gasteiger partial charge in [-0.15, -0.1) is 0 Å². The second-order valence-corrected chi connectivity index (χ2v) is 32.6. The Morgan fingerprint density at radius 3 is 1.85 bits per heavy atom. The lowest BCUT2D eigenvalue weighted by molar-refractivity contribution is -0.155. The Morgan fingerprint density at radius 2 is 1.26 bits per heavy atom. The minimum Gasteiger partial charge on any atom is -0.456 e. The number of likely N-dealkylation sites (N-methyl/N-ethyl adjacent to an activating group) is 4. The summed E-state index contributed by atoms with van der Waals surface area (Å²) >= 11 is 0. The van der Waals surface area contributed by atoms with Crippen LogP contribution in [0.1, 0.15) is 145 Å². The molecule has 39 heteroatoms. The van der Waals surface area contributed by atoms with E-state index >= 15 is 0 Å². The number of primary amides is 1. The number of amides is 16. The summed E-state index contributed by atoms with van der Waals surface area (Å²) in [4.78, 5) is 233. The predicted octanol–water partition coefficient (Wildman–Crippen LogP) is 5.20. The minimum atomic E-state index is -1.42. The standard InChI is InChI=1S/C90H129N15O24/c1-17-56(7)77-82(114)95-61(12)86(118)129-78(57(8)18-2)59(10)69(35-26-58(9)85(117)127-70(49-54(3)4)80(112)94-60(11)83(115)104(16)68(50-62-23-20-19-21-24-62)84(116)103(15)51-73(108)100-77)128-90(122)102(14)44-43-101(13)89(121)126-53-64-29-33-66(34-30-64)97-88(120)125-52-63-27-31-65(32-28-63)96-79(111)67(25-22-40-93-87(91)119)98-81(113)76(55(5)6)99-72(107)39-45-123-47-48-124-46-41-92-71(106)38-42-105-74(109)36-37-75(105)110/h18-21,23-24,26-34,36-37,54-56,59-61,67-70,76-78H,17,22,25,35,38-53H2,1-16H3,(H,92,106)(H,94,112)(H,95,114)(H,96,111)(H,97,120)(H,98,113)(H,99,107)(H,100,108)(H3,91,93,119)/b57-18+,58-26+/t56?,59-,60-,61+,67-,68+,69-,70+,76-,77-,78+/m0/s1. The van der Waals surface area contributed by atoms with Gasteiger partial charge in [0.2, 0.25) is 47.3 Å². The maximum absolute atomic E-state index is 14.4. The highest BCUT2D eigenvalue weighted by atomic mass is 16.6. The van der Waals surface area contributed by atoms with Crippen molar-refractivity contribution >= 4 is 113 Å². The van der Waals surface area contributed by atoms with E-state index in [9.17, 15) is 81.5 Å². The molecule has 1 unspecified atom stereocenters. The number of hydrogen-bond donors (Lipinski definition) is 10. The number of allylic oxidation sites excluding steroid dienone is 1. The molecule has 3 aromatic rings. The number of esters is 2. The molecule has 5 rings (SSSR count). The summed E-state index contributed by atoms with van der Waals surface area (Å²) in [5, 5.41) is 24.0.